The van der Waals surface area contributed by atoms with E-state index >= 15 is 0 Å². The quantitative estimate of drug-likeness (QED) is 0.834. The molecule has 0 radical (unpaired) electrons. The van der Waals surface area contributed by atoms with Crippen LogP contribution in [-0.2, 0) is 0 Å². The molecule has 3 nitrogen and oxygen atoms in total. The van der Waals surface area contributed by atoms with E-state index in [1.807, 2.05) is 0 Å². The van der Waals surface area contributed by atoms with Gasteiger partial charge in [-0.15, -0.1) is 0 Å². The lowest BCUT2D eigenvalue weighted by Crippen LogP contribution is -2.57. The lowest BCUT2D eigenvalue weighted by molar-refractivity contribution is -0.0675. The topological polar surface area (TPSA) is 26.7 Å². The highest BCUT2D eigenvalue weighted by Crippen LogP contribution is 2.37. The molecule has 0 bridgehead atoms. The molecule has 1 saturated heterocycles. The Hall–Kier alpha value is -0.120. The Morgan fingerprint density at radius 1 is 1.17 bits per heavy atom. The molecule has 0 aromatic carbocycles. The van der Waals surface area contributed by atoms with E-state index < -0.39 is 0 Å². The predicted molar refractivity (Wildman–Crippen MR) is 75.7 cm³/mol. The minimum Gasteiger partial charge on any atom is -0.391 e. The number of hydrogen-bond donors (Lipinski definition) is 1. The first-order chi connectivity index (χ1) is 8.54. The van der Waals surface area contributed by atoms with Gasteiger partial charge in [0.1, 0.15) is 0 Å². The Kier molecular flexibility index (Phi) is 4.68. The second-order valence-electron chi connectivity index (χ2n) is 6.77. The lowest BCUT2D eigenvalue weighted by Gasteiger charge is -2.48. The summed E-state index contributed by atoms with van der Waals surface area (Å²) in [4.78, 5) is 5.09. The Labute approximate surface area is 112 Å². The fourth-order valence-corrected chi connectivity index (χ4v) is 3.61. The lowest BCUT2D eigenvalue weighted by atomic mass is 9.72. The van der Waals surface area contributed by atoms with Crippen molar-refractivity contribution in [2.45, 2.75) is 58.6 Å². The number of hydrogen-bond acceptors (Lipinski definition) is 3. The van der Waals surface area contributed by atoms with Crippen molar-refractivity contribution in [3.05, 3.63) is 0 Å². The van der Waals surface area contributed by atoms with Gasteiger partial charge in [-0.1, -0.05) is 27.2 Å². The molecule has 2 atom stereocenters. The Balaban J connectivity index is 1.89. The van der Waals surface area contributed by atoms with Crippen molar-refractivity contribution < 1.29 is 5.11 Å². The second kappa shape index (κ2) is 5.89. The Morgan fingerprint density at radius 2 is 1.83 bits per heavy atom. The van der Waals surface area contributed by atoms with Gasteiger partial charge in [0, 0.05) is 32.2 Å². The van der Waals surface area contributed by atoms with Crippen LogP contribution in [0.4, 0.5) is 0 Å². The second-order valence-corrected chi connectivity index (χ2v) is 6.77. The molecule has 106 valence electrons. The van der Waals surface area contributed by atoms with E-state index in [9.17, 15) is 5.11 Å². The first-order valence-electron chi connectivity index (χ1n) is 7.69. The summed E-state index contributed by atoms with van der Waals surface area (Å²) in [7, 11) is 0. The van der Waals surface area contributed by atoms with Crippen molar-refractivity contribution in [2.24, 2.45) is 5.41 Å². The molecule has 0 aromatic rings. The number of nitrogens with zero attached hydrogens (tertiary/aromatic N) is 2. The molecular formula is C15H30N2O. The van der Waals surface area contributed by atoms with Crippen molar-refractivity contribution in [2.75, 3.05) is 32.7 Å². The third-order valence-electron chi connectivity index (χ3n) is 4.90. The van der Waals surface area contributed by atoms with Gasteiger partial charge in [0.15, 0.2) is 0 Å². The summed E-state index contributed by atoms with van der Waals surface area (Å²) < 4.78 is 0. The summed E-state index contributed by atoms with van der Waals surface area (Å²) in [6, 6.07) is 0.400. The van der Waals surface area contributed by atoms with E-state index in [0.717, 1.165) is 13.1 Å². The van der Waals surface area contributed by atoms with Gasteiger partial charge < -0.3 is 10.0 Å². The molecule has 0 spiro atoms. The Morgan fingerprint density at radius 3 is 2.44 bits per heavy atom. The summed E-state index contributed by atoms with van der Waals surface area (Å²) in [6.07, 6.45) is 4.71. The average molecular weight is 254 g/mol. The van der Waals surface area contributed by atoms with Gasteiger partial charge in [0.2, 0.25) is 0 Å². The van der Waals surface area contributed by atoms with Gasteiger partial charge in [0.05, 0.1) is 6.10 Å². The van der Waals surface area contributed by atoms with Gasteiger partial charge >= 0.3 is 0 Å². The molecule has 18 heavy (non-hydrogen) atoms. The molecule has 2 unspecified atom stereocenters. The van der Waals surface area contributed by atoms with Crippen LogP contribution in [0.25, 0.3) is 0 Å². The van der Waals surface area contributed by atoms with E-state index in [0.29, 0.717) is 6.04 Å². The van der Waals surface area contributed by atoms with Crippen LogP contribution < -0.4 is 0 Å². The van der Waals surface area contributed by atoms with Gasteiger partial charge in [-0.2, -0.15) is 0 Å². The van der Waals surface area contributed by atoms with E-state index in [4.69, 9.17) is 0 Å². The summed E-state index contributed by atoms with van der Waals surface area (Å²) in [6.45, 7) is 12.5. The van der Waals surface area contributed by atoms with Crippen LogP contribution in [0.3, 0.4) is 0 Å². The van der Waals surface area contributed by atoms with E-state index in [-0.39, 0.29) is 11.5 Å². The third-order valence-corrected chi connectivity index (χ3v) is 4.90. The first-order valence-corrected chi connectivity index (χ1v) is 7.69. The third kappa shape index (κ3) is 3.06. The zero-order chi connectivity index (χ0) is 13.2. The van der Waals surface area contributed by atoms with Gasteiger partial charge in [-0.05, 0) is 31.2 Å². The monoisotopic (exact) mass is 254 g/mol. The zero-order valence-electron chi connectivity index (χ0n) is 12.4. The largest absolute Gasteiger partial charge is 0.391 e. The van der Waals surface area contributed by atoms with Gasteiger partial charge in [-0.3, -0.25) is 4.90 Å². The van der Waals surface area contributed by atoms with Crippen molar-refractivity contribution in [3.8, 4) is 0 Å². The fourth-order valence-electron chi connectivity index (χ4n) is 3.61. The molecule has 2 fully saturated rings. The highest BCUT2D eigenvalue weighted by atomic mass is 16.3. The summed E-state index contributed by atoms with van der Waals surface area (Å²) in [5.41, 5.74) is 0.101. The normalized spacial score (nSPS) is 34.7. The number of piperazine rings is 1. The first kappa shape index (κ1) is 14.3. The summed E-state index contributed by atoms with van der Waals surface area (Å²) in [5.74, 6) is 0. The van der Waals surface area contributed by atoms with Crippen LogP contribution in [0.2, 0.25) is 0 Å². The molecule has 3 heteroatoms. The van der Waals surface area contributed by atoms with Crippen LogP contribution >= 0.6 is 0 Å². The van der Waals surface area contributed by atoms with Crippen LogP contribution in [0.1, 0.15) is 46.5 Å². The molecule has 1 heterocycles. The number of aliphatic hydroxyl groups excluding tert-OH is 1. The SMILES string of the molecule is CCCN1CCN(C2CCCC(C)(C)C2O)CC1. The van der Waals surface area contributed by atoms with Crippen molar-refractivity contribution >= 4 is 0 Å². The minimum absolute atomic E-state index is 0.101. The predicted octanol–water partition coefficient (Wildman–Crippen LogP) is 1.95. The molecule has 2 rings (SSSR count). The molecule has 1 aliphatic carbocycles. The van der Waals surface area contributed by atoms with E-state index in [1.54, 1.807) is 0 Å². The molecule has 1 N–H and O–H groups in total. The standard InChI is InChI=1S/C15H30N2O/c1-4-8-16-9-11-17(12-10-16)13-6-5-7-15(2,3)14(13)18/h13-14,18H,4-12H2,1-3H3. The van der Waals surface area contributed by atoms with Gasteiger partial charge in [0.25, 0.3) is 0 Å². The number of rotatable bonds is 3. The molecule has 1 saturated carbocycles. The summed E-state index contributed by atoms with van der Waals surface area (Å²) in [5, 5.41) is 10.6. The maximum Gasteiger partial charge on any atom is 0.0746 e. The Bertz CT molecular complexity index is 259. The van der Waals surface area contributed by atoms with Crippen LogP contribution in [-0.4, -0.2) is 59.8 Å². The average Bonchev–Trinajstić information content (AvgIpc) is 2.34. The summed E-state index contributed by atoms with van der Waals surface area (Å²) >= 11 is 0. The molecule has 2 aliphatic rings. The highest BCUT2D eigenvalue weighted by molar-refractivity contribution is 4.94. The highest BCUT2D eigenvalue weighted by Gasteiger charge is 2.40. The van der Waals surface area contributed by atoms with Crippen molar-refractivity contribution in [3.63, 3.8) is 0 Å². The maximum absolute atomic E-state index is 10.6. The number of aliphatic hydroxyl groups is 1. The molecule has 0 amide bonds. The van der Waals surface area contributed by atoms with E-state index in [1.165, 1.54) is 45.3 Å². The van der Waals surface area contributed by atoms with Gasteiger partial charge in [-0.25, -0.2) is 0 Å². The molecule has 0 aromatic heterocycles. The van der Waals surface area contributed by atoms with Crippen LogP contribution in [0.5, 0.6) is 0 Å². The van der Waals surface area contributed by atoms with E-state index in [2.05, 4.69) is 30.6 Å². The smallest absolute Gasteiger partial charge is 0.0746 e. The van der Waals surface area contributed by atoms with Crippen molar-refractivity contribution in [1.82, 2.24) is 9.80 Å². The minimum atomic E-state index is -0.149. The fraction of sp³-hybridized carbons (Fsp3) is 1.00. The van der Waals surface area contributed by atoms with Crippen LogP contribution in [0.15, 0.2) is 0 Å². The van der Waals surface area contributed by atoms with Crippen molar-refractivity contribution in [1.29, 1.82) is 0 Å². The maximum atomic E-state index is 10.6. The molecular weight excluding hydrogens is 224 g/mol. The molecule has 1 aliphatic heterocycles. The zero-order valence-corrected chi connectivity index (χ0v) is 12.4. The van der Waals surface area contributed by atoms with Crippen LogP contribution in [0, 0.1) is 5.41 Å².